The van der Waals surface area contributed by atoms with Gasteiger partial charge in [-0.15, -0.1) is 0 Å². The minimum atomic E-state index is -0.955. The highest BCUT2D eigenvalue weighted by Gasteiger charge is 2.11. The Morgan fingerprint density at radius 3 is 2.59 bits per heavy atom. The molecule has 0 aromatic heterocycles. The highest BCUT2D eigenvalue weighted by atomic mass is 16.4. The molecule has 1 aromatic carbocycles. The van der Waals surface area contributed by atoms with Crippen molar-refractivity contribution in [2.24, 2.45) is 0 Å². The number of hydrogen-bond donors (Lipinski definition) is 2. The fourth-order valence-electron chi connectivity index (χ4n) is 1.97. The molecule has 0 saturated heterocycles. The Balaban J connectivity index is 2.75. The number of carboxylic acid groups (broad SMARTS) is 1. The van der Waals surface area contributed by atoms with Crippen LogP contribution in [0.1, 0.15) is 54.1 Å². The van der Waals surface area contributed by atoms with Crippen LogP contribution in [0, 0.1) is 6.92 Å². The fraction of sp³-hybridized carbons (Fsp3) is 0.500. The van der Waals surface area contributed by atoms with Crippen LogP contribution in [0.2, 0.25) is 0 Å². The van der Waals surface area contributed by atoms with E-state index in [0.717, 1.165) is 18.4 Å². The van der Waals surface area contributed by atoms with Gasteiger partial charge in [0.1, 0.15) is 0 Å². The van der Waals surface area contributed by atoms with Crippen molar-refractivity contribution < 1.29 is 9.90 Å². The predicted octanol–water partition coefficient (Wildman–Crippen LogP) is 3.40. The van der Waals surface area contributed by atoms with Gasteiger partial charge in [0.15, 0.2) is 0 Å². The van der Waals surface area contributed by atoms with Crippen LogP contribution in [-0.4, -0.2) is 11.1 Å². The third kappa shape index (κ3) is 3.48. The minimum Gasteiger partial charge on any atom is -0.478 e. The smallest absolute Gasteiger partial charge is 0.337 e. The van der Waals surface area contributed by atoms with Crippen LogP contribution in [0.25, 0.3) is 0 Å². The molecule has 1 rings (SSSR count). The second-order valence-corrected chi connectivity index (χ2v) is 4.43. The zero-order valence-electron chi connectivity index (χ0n) is 10.6. The zero-order chi connectivity index (χ0) is 12.8. The lowest BCUT2D eigenvalue weighted by molar-refractivity contribution is 0.0698. The number of hydrogen-bond acceptors (Lipinski definition) is 2. The summed E-state index contributed by atoms with van der Waals surface area (Å²) in [4.78, 5) is 10.9. The lowest BCUT2D eigenvalue weighted by Gasteiger charge is -2.10. The van der Waals surface area contributed by atoms with Gasteiger partial charge >= 0.3 is 5.97 Å². The molecule has 17 heavy (non-hydrogen) atoms. The van der Waals surface area contributed by atoms with Crippen LogP contribution in [0.5, 0.6) is 0 Å². The molecule has 94 valence electrons. The number of nitrogen functional groups attached to an aromatic ring is 1. The molecular weight excluding hydrogens is 214 g/mol. The SMILES string of the molecule is CCCCCCc1ccc(C(=O)O)c(N)c1C. The molecule has 0 aliphatic carbocycles. The Morgan fingerprint density at radius 2 is 2.00 bits per heavy atom. The van der Waals surface area contributed by atoms with Crippen LogP contribution in [-0.2, 0) is 6.42 Å². The molecule has 3 heteroatoms. The van der Waals surface area contributed by atoms with Gasteiger partial charge < -0.3 is 10.8 Å². The Hall–Kier alpha value is -1.51. The minimum absolute atomic E-state index is 0.208. The van der Waals surface area contributed by atoms with Crippen molar-refractivity contribution in [3.8, 4) is 0 Å². The van der Waals surface area contributed by atoms with Crippen molar-refractivity contribution >= 4 is 11.7 Å². The van der Waals surface area contributed by atoms with E-state index in [9.17, 15) is 4.79 Å². The Labute approximate surface area is 103 Å². The first-order valence-electron chi connectivity index (χ1n) is 6.19. The Bertz CT molecular complexity index is 399. The van der Waals surface area contributed by atoms with Crippen molar-refractivity contribution in [1.29, 1.82) is 0 Å². The van der Waals surface area contributed by atoms with Gasteiger partial charge in [0.25, 0.3) is 0 Å². The molecule has 1 aromatic rings. The Morgan fingerprint density at radius 1 is 1.29 bits per heavy atom. The van der Waals surface area contributed by atoms with Crippen molar-refractivity contribution in [3.05, 3.63) is 28.8 Å². The van der Waals surface area contributed by atoms with E-state index < -0.39 is 5.97 Å². The summed E-state index contributed by atoms with van der Waals surface area (Å²) in [6.45, 7) is 4.09. The molecule has 0 spiro atoms. The maximum absolute atomic E-state index is 10.9. The maximum atomic E-state index is 10.9. The van der Waals surface area contributed by atoms with Crippen molar-refractivity contribution in [3.63, 3.8) is 0 Å². The van der Waals surface area contributed by atoms with Crippen LogP contribution < -0.4 is 5.73 Å². The van der Waals surface area contributed by atoms with Crippen LogP contribution in [0.15, 0.2) is 12.1 Å². The molecule has 0 aliphatic heterocycles. The summed E-state index contributed by atoms with van der Waals surface area (Å²) in [5.74, 6) is -0.955. The van der Waals surface area contributed by atoms with E-state index in [1.54, 1.807) is 6.07 Å². The number of carboxylic acids is 1. The molecular formula is C14H21NO2. The average Bonchev–Trinajstić information content (AvgIpc) is 2.29. The third-order valence-electron chi connectivity index (χ3n) is 3.16. The second kappa shape index (κ2) is 6.28. The predicted molar refractivity (Wildman–Crippen MR) is 70.4 cm³/mol. The van der Waals surface area contributed by atoms with E-state index in [1.807, 2.05) is 13.0 Å². The summed E-state index contributed by atoms with van der Waals surface area (Å²) in [7, 11) is 0. The highest BCUT2D eigenvalue weighted by molar-refractivity contribution is 5.94. The second-order valence-electron chi connectivity index (χ2n) is 4.43. The molecule has 0 heterocycles. The molecule has 0 radical (unpaired) electrons. The first-order chi connectivity index (χ1) is 8.07. The van der Waals surface area contributed by atoms with Gasteiger partial charge in [-0.1, -0.05) is 32.3 Å². The first-order valence-corrected chi connectivity index (χ1v) is 6.19. The number of rotatable bonds is 6. The van der Waals surface area contributed by atoms with Crippen LogP contribution in [0.4, 0.5) is 5.69 Å². The fourth-order valence-corrected chi connectivity index (χ4v) is 1.97. The van der Waals surface area contributed by atoms with Gasteiger partial charge in [0.05, 0.1) is 5.56 Å². The number of benzene rings is 1. The van der Waals surface area contributed by atoms with Gasteiger partial charge in [-0.25, -0.2) is 4.79 Å². The van der Waals surface area contributed by atoms with Gasteiger partial charge in [0, 0.05) is 5.69 Å². The molecule has 0 atom stereocenters. The molecule has 3 nitrogen and oxygen atoms in total. The normalized spacial score (nSPS) is 10.5. The molecule has 0 unspecified atom stereocenters. The standard InChI is InChI=1S/C14H21NO2/c1-3-4-5-6-7-11-8-9-12(14(16)17)13(15)10(11)2/h8-9H,3-7,15H2,1-2H3,(H,16,17). The number of aryl methyl sites for hydroxylation is 1. The summed E-state index contributed by atoms with van der Waals surface area (Å²) >= 11 is 0. The number of unbranched alkanes of at least 4 members (excludes halogenated alkanes) is 3. The topological polar surface area (TPSA) is 63.3 Å². The number of nitrogens with two attached hydrogens (primary N) is 1. The third-order valence-corrected chi connectivity index (χ3v) is 3.16. The number of anilines is 1. The molecule has 0 bridgehead atoms. The van der Waals surface area contributed by atoms with Gasteiger partial charge in [0.2, 0.25) is 0 Å². The average molecular weight is 235 g/mol. The van der Waals surface area contributed by atoms with E-state index in [0.29, 0.717) is 5.69 Å². The molecule has 0 aliphatic rings. The van der Waals surface area contributed by atoms with Gasteiger partial charge in [-0.05, 0) is 37.0 Å². The first kappa shape index (κ1) is 13.6. The number of aromatic carboxylic acids is 1. The summed E-state index contributed by atoms with van der Waals surface area (Å²) in [6, 6.07) is 3.50. The monoisotopic (exact) mass is 235 g/mol. The van der Waals surface area contributed by atoms with E-state index in [4.69, 9.17) is 10.8 Å². The lowest BCUT2D eigenvalue weighted by atomic mass is 9.97. The Kier molecular flexibility index (Phi) is 5.01. The summed E-state index contributed by atoms with van der Waals surface area (Å²) < 4.78 is 0. The molecule has 3 N–H and O–H groups in total. The van der Waals surface area contributed by atoms with Crippen molar-refractivity contribution in [2.75, 3.05) is 5.73 Å². The summed E-state index contributed by atoms with van der Waals surface area (Å²) in [6.07, 6.45) is 5.81. The summed E-state index contributed by atoms with van der Waals surface area (Å²) in [5.41, 5.74) is 8.54. The zero-order valence-corrected chi connectivity index (χ0v) is 10.6. The largest absolute Gasteiger partial charge is 0.478 e. The highest BCUT2D eigenvalue weighted by Crippen LogP contribution is 2.22. The van der Waals surface area contributed by atoms with Crippen LogP contribution >= 0.6 is 0 Å². The lowest BCUT2D eigenvalue weighted by Crippen LogP contribution is -2.06. The summed E-state index contributed by atoms with van der Waals surface area (Å²) in [5, 5.41) is 8.95. The van der Waals surface area contributed by atoms with E-state index in [-0.39, 0.29) is 5.56 Å². The number of carbonyl (C=O) groups is 1. The molecule has 0 fully saturated rings. The molecule has 0 amide bonds. The van der Waals surface area contributed by atoms with Gasteiger partial charge in [-0.3, -0.25) is 0 Å². The molecule has 0 saturated carbocycles. The van der Waals surface area contributed by atoms with E-state index >= 15 is 0 Å². The maximum Gasteiger partial charge on any atom is 0.337 e. The van der Waals surface area contributed by atoms with Crippen molar-refractivity contribution in [1.82, 2.24) is 0 Å². The quantitative estimate of drug-likeness (QED) is 0.586. The van der Waals surface area contributed by atoms with Gasteiger partial charge in [-0.2, -0.15) is 0 Å². The van der Waals surface area contributed by atoms with E-state index in [2.05, 4.69) is 6.92 Å². The van der Waals surface area contributed by atoms with Crippen molar-refractivity contribution in [2.45, 2.75) is 46.0 Å². The van der Waals surface area contributed by atoms with E-state index in [1.165, 1.54) is 24.8 Å². The van der Waals surface area contributed by atoms with Crippen LogP contribution in [0.3, 0.4) is 0 Å².